The van der Waals surface area contributed by atoms with Crippen molar-refractivity contribution in [2.24, 2.45) is 0 Å². The molecule has 3 heteroatoms. The van der Waals surface area contributed by atoms with Crippen molar-refractivity contribution in [3.8, 4) is 0 Å². The molecule has 1 rings (SSSR count). The number of carbonyl (C=O) groups is 1. The van der Waals surface area contributed by atoms with E-state index in [0.29, 0.717) is 5.88 Å². The molecule has 0 aromatic rings. The summed E-state index contributed by atoms with van der Waals surface area (Å²) in [6, 6.07) is 0. The van der Waals surface area contributed by atoms with Gasteiger partial charge in [-0.2, -0.15) is 0 Å². The summed E-state index contributed by atoms with van der Waals surface area (Å²) >= 11 is 5.57. The van der Waals surface area contributed by atoms with E-state index in [1.165, 1.54) is 0 Å². The first-order valence-corrected chi connectivity index (χ1v) is 5.03. The van der Waals surface area contributed by atoms with Crippen molar-refractivity contribution in [2.75, 3.05) is 12.5 Å². The first kappa shape index (κ1) is 10.0. The van der Waals surface area contributed by atoms with Gasteiger partial charge in [0.2, 0.25) is 0 Å². The van der Waals surface area contributed by atoms with E-state index in [4.69, 9.17) is 16.3 Å². The smallest absolute Gasteiger partial charge is 0.151 e. The third-order valence-electron chi connectivity index (χ3n) is 2.33. The van der Waals surface area contributed by atoms with Crippen LogP contribution in [0.25, 0.3) is 0 Å². The van der Waals surface area contributed by atoms with E-state index in [-0.39, 0.29) is 0 Å². The molecule has 0 aliphatic carbocycles. The molecule has 2 nitrogen and oxygen atoms in total. The minimum Gasteiger partial charge on any atom is -0.368 e. The zero-order valence-corrected chi connectivity index (χ0v) is 7.98. The molecule has 1 atom stereocenters. The fourth-order valence-corrected chi connectivity index (χ4v) is 1.72. The van der Waals surface area contributed by atoms with Gasteiger partial charge in [0.1, 0.15) is 5.60 Å². The topological polar surface area (TPSA) is 26.3 Å². The molecule has 0 bridgehead atoms. The van der Waals surface area contributed by atoms with Crippen LogP contribution in [0, 0.1) is 0 Å². The number of halogens is 1. The van der Waals surface area contributed by atoms with Gasteiger partial charge >= 0.3 is 0 Å². The SMILES string of the molecule is O=CC1(CCCCl)CCCCO1. The number of rotatable bonds is 4. The van der Waals surface area contributed by atoms with E-state index < -0.39 is 5.60 Å². The molecule has 12 heavy (non-hydrogen) atoms. The molecule has 1 unspecified atom stereocenters. The van der Waals surface area contributed by atoms with Crippen molar-refractivity contribution in [2.45, 2.75) is 37.7 Å². The molecular weight excluding hydrogens is 176 g/mol. The van der Waals surface area contributed by atoms with Crippen LogP contribution < -0.4 is 0 Å². The molecule has 70 valence electrons. The van der Waals surface area contributed by atoms with Crippen LogP contribution >= 0.6 is 11.6 Å². The summed E-state index contributed by atoms with van der Waals surface area (Å²) in [5, 5.41) is 0. The zero-order valence-electron chi connectivity index (χ0n) is 7.22. The van der Waals surface area contributed by atoms with Gasteiger partial charge in [-0.05, 0) is 32.1 Å². The van der Waals surface area contributed by atoms with Gasteiger partial charge in [0, 0.05) is 12.5 Å². The lowest BCUT2D eigenvalue weighted by molar-refractivity contribution is -0.138. The molecule has 0 aromatic heterocycles. The van der Waals surface area contributed by atoms with Crippen LogP contribution in [-0.4, -0.2) is 24.4 Å². The maximum absolute atomic E-state index is 10.8. The number of alkyl halides is 1. The van der Waals surface area contributed by atoms with Crippen molar-refractivity contribution < 1.29 is 9.53 Å². The Labute approximate surface area is 78.2 Å². The maximum atomic E-state index is 10.8. The van der Waals surface area contributed by atoms with E-state index in [1.54, 1.807) is 0 Å². The number of aldehydes is 1. The summed E-state index contributed by atoms with van der Waals surface area (Å²) in [5.74, 6) is 0.610. The minimum absolute atomic E-state index is 0.493. The average molecular weight is 191 g/mol. The van der Waals surface area contributed by atoms with E-state index in [1.807, 2.05) is 0 Å². The Morgan fingerprint density at radius 1 is 1.50 bits per heavy atom. The molecule has 0 spiro atoms. The monoisotopic (exact) mass is 190 g/mol. The Morgan fingerprint density at radius 3 is 2.83 bits per heavy atom. The molecule has 1 aliphatic rings. The summed E-state index contributed by atoms with van der Waals surface area (Å²) in [4.78, 5) is 10.8. The van der Waals surface area contributed by atoms with E-state index in [2.05, 4.69) is 0 Å². The average Bonchev–Trinajstić information content (AvgIpc) is 2.16. The van der Waals surface area contributed by atoms with Crippen molar-refractivity contribution in [1.82, 2.24) is 0 Å². The Kier molecular flexibility index (Phi) is 4.02. The largest absolute Gasteiger partial charge is 0.368 e. The van der Waals surface area contributed by atoms with Crippen LogP contribution in [0.15, 0.2) is 0 Å². The third-order valence-corrected chi connectivity index (χ3v) is 2.60. The molecule has 1 fully saturated rings. The normalized spacial score (nSPS) is 30.1. The molecule has 1 saturated heterocycles. The van der Waals surface area contributed by atoms with Crippen LogP contribution in [0.3, 0.4) is 0 Å². The first-order valence-electron chi connectivity index (χ1n) is 4.49. The lowest BCUT2D eigenvalue weighted by atomic mass is 9.91. The van der Waals surface area contributed by atoms with Crippen LogP contribution in [-0.2, 0) is 9.53 Å². The summed E-state index contributed by atoms with van der Waals surface area (Å²) in [6.07, 6.45) is 5.64. The summed E-state index contributed by atoms with van der Waals surface area (Å²) in [6.45, 7) is 0.723. The fourth-order valence-electron chi connectivity index (χ4n) is 1.59. The predicted molar refractivity (Wildman–Crippen MR) is 48.6 cm³/mol. The van der Waals surface area contributed by atoms with Gasteiger partial charge in [-0.3, -0.25) is 0 Å². The Morgan fingerprint density at radius 2 is 2.33 bits per heavy atom. The maximum Gasteiger partial charge on any atom is 0.151 e. The Bertz CT molecular complexity index is 141. The summed E-state index contributed by atoms with van der Waals surface area (Å²) in [7, 11) is 0. The molecule has 0 aromatic carbocycles. The van der Waals surface area contributed by atoms with Gasteiger partial charge in [0.05, 0.1) is 0 Å². The zero-order chi connectivity index (χ0) is 8.86. The van der Waals surface area contributed by atoms with Crippen molar-refractivity contribution >= 4 is 17.9 Å². The number of hydrogen-bond donors (Lipinski definition) is 0. The third kappa shape index (κ3) is 2.46. The highest BCUT2D eigenvalue weighted by molar-refractivity contribution is 6.17. The summed E-state index contributed by atoms with van der Waals surface area (Å²) in [5.41, 5.74) is -0.493. The van der Waals surface area contributed by atoms with E-state index in [0.717, 1.165) is 45.0 Å². The quantitative estimate of drug-likeness (QED) is 0.502. The molecule has 0 N–H and O–H groups in total. The fraction of sp³-hybridized carbons (Fsp3) is 0.889. The van der Waals surface area contributed by atoms with Gasteiger partial charge in [-0.15, -0.1) is 11.6 Å². The van der Waals surface area contributed by atoms with Crippen LogP contribution in [0.2, 0.25) is 0 Å². The van der Waals surface area contributed by atoms with Crippen molar-refractivity contribution in [1.29, 1.82) is 0 Å². The molecule has 1 heterocycles. The Balaban J connectivity index is 2.42. The van der Waals surface area contributed by atoms with Crippen LogP contribution in [0.1, 0.15) is 32.1 Å². The number of ether oxygens (including phenoxy) is 1. The molecule has 1 aliphatic heterocycles. The van der Waals surface area contributed by atoms with Crippen molar-refractivity contribution in [3.63, 3.8) is 0 Å². The molecule has 0 saturated carbocycles. The lowest BCUT2D eigenvalue weighted by Crippen LogP contribution is -2.37. The second-order valence-electron chi connectivity index (χ2n) is 3.28. The van der Waals surface area contributed by atoms with Gasteiger partial charge < -0.3 is 9.53 Å². The van der Waals surface area contributed by atoms with E-state index in [9.17, 15) is 4.79 Å². The highest BCUT2D eigenvalue weighted by atomic mass is 35.5. The van der Waals surface area contributed by atoms with Crippen molar-refractivity contribution in [3.05, 3.63) is 0 Å². The van der Waals surface area contributed by atoms with Gasteiger partial charge in [0.25, 0.3) is 0 Å². The molecule has 0 amide bonds. The van der Waals surface area contributed by atoms with E-state index >= 15 is 0 Å². The predicted octanol–water partition coefficient (Wildman–Crippen LogP) is 2.14. The lowest BCUT2D eigenvalue weighted by Gasteiger charge is -2.32. The van der Waals surface area contributed by atoms with Crippen LogP contribution in [0.5, 0.6) is 0 Å². The second-order valence-corrected chi connectivity index (χ2v) is 3.66. The van der Waals surface area contributed by atoms with Gasteiger partial charge in [-0.1, -0.05) is 0 Å². The molecule has 0 radical (unpaired) electrons. The highest BCUT2D eigenvalue weighted by Gasteiger charge is 2.31. The van der Waals surface area contributed by atoms with Crippen LogP contribution in [0.4, 0.5) is 0 Å². The minimum atomic E-state index is -0.493. The Hall–Kier alpha value is -0.0800. The standard InChI is InChI=1S/C9H15ClO2/c10-6-3-5-9(8-11)4-1-2-7-12-9/h8H,1-7H2. The second kappa shape index (κ2) is 4.83. The van der Waals surface area contributed by atoms with Gasteiger partial charge in [0.15, 0.2) is 6.29 Å². The molecular formula is C9H15ClO2. The number of hydrogen-bond acceptors (Lipinski definition) is 2. The highest BCUT2D eigenvalue weighted by Crippen LogP contribution is 2.27. The van der Waals surface area contributed by atoms with Gasteiger partial charge in [-0.25, -0.2) is 0 Å². The summed E-state index contributed by atoms with van der Waals surface area (Å²) < 4.78 is 5.49. The first-order chi connectivity index (χ1) is 5.83. The number of carbonyl (C=O) groups excluding carboxylic acids is 1.